The molecule has 0 aliphatic heterocycles. The van der Waals surface area contributed by atoms with Crippen molar-refractivity contribution < 1.29 is 5.11 Å². The highest BCUT2D eigenvalue weighted by Gasteiger charge is 2.11. The zero-order valence-corrected chi connectivity index (χ0v) is 10.5. The number of phenolic OH excluding ortho intramolecular Hbond substituents is 1. The van der Waals surface area contributed by atoms with Gasteiger partial charge in [0.25, 0.3) is 0 Å². The van der Waals surface area contributed by atoms with E-state index in [4.69, 9.17) is 11.6 Å². The second-order valence-electron chi connectivity index (χ2n) is 4.17. The van der Waals surface area contributed by atoms with E-state index in [1.807, 2.05) is 35.9 Å². The Bertz CT molecular complexity index is 734. The normalized spacial score (nSPS) is 11.0. The fourth-order valence-corrected chi connectivity index (χ4v) is 2.32. The molecule has 0 saturated heterocycles. The van der Waals surface area contributed by atoms with Gasteiger partial charge in [-0.1, -0.05) is 23.7 Å². The molecule has 18 heavy (non-hydrogen) atoms. The van der Waals surface area contributed by atoms with Gasteiger partial charge in [0.2, 0.25) is 0 Å². The number of rotatable bonds is 1. The standard InChI is InChI=1S/C14H11ClN2O/c1-17-11(10-4-2-3-5-13(10)18)6-9-7-14(15)16-8-12(9)17/h2-8,18H,1H3. The number of para-hydroxylation sites is 1. The molecule has 1 aromatic carbocycles. The Morgan fingerprint density at radius 3 is 2.78 bits per heavy atom. The lowest BCUT2D eigenvalue weighted by atomic mass is 10.1. The van der Waals surface area contributed by atoms with Gasteiger partial charge in [0.15, 0.2) is 0 Å². The third kappa shape index (κ3) is 1.64. The Morgan fingerprint density at radius 1 is 1.22 bits per heavy atom. The average Bonchev–Trinajstić information content (AvgIpc) is 2.67. The zero-order chi connectivity index (χ0) is 12.7. The number of fused-ring (bicyclic) bond motifs is 1. The van der Waals surface area contributed by atoms with E-state index in [1.165, 1.54) is 0 Å². The molecule has 0 bridgehead atoms. The predicted octanol–water partition coefficient (Wildman–Crippen LogP) is 3.60. The van der Waals surface area contributed by atoms with Crippen molar-refractivity contribution in [3.63, 3.8) is 0 Å². The number of aryl methyl sites for hydroxylation is 1. The smallest absolute Gasteiger partial charge is 0.129 e. The highest BCUT2D eigenvalue weighted by Crippen LogP contribution is 2.32. The maximum atomic E-state index is 9.91. The highest BCUT2D eigenvalue weighted by atomic mass is 35.5. The van der Waals surface area contributed by atoms with Crippen LogP contribution in [0, 0.1) is 0 Å². The Hall–Kier alpha value is -2.00. The van der Waals surface area contributed by atoms with Crippen molar-refractivity contribution >= 4 is 22.5 Å². The summed E-state index contributed by atoms with van der Waals surface area (Å²) in [5, 5.41) is 11.4. The van der Waals surface area contributed by atoms with Crippen molar-refractivity contribution in [1.29, 1.82) is 0 Å². The van der Waals surface area contributed by atoms with Gasteiger partial charge in [0, 0.05) is 18.0 Å². The Balaban J connectivity index is 2.31. The number of pyridine rings is 1. The number of phenols is 1. The Labute approximate surface area is 109 Å². The van der Waals surface area contributed by atoms with Crippen molar-refractivity contribution in [1.82, 2.24) is 9.55 Å². The van der Waals surface area contributed by atoms with Crippen molar-refractivity contribution in [2.24, 2.45) is 7.05 Å². The molecule has 0 fully saturated rings. The fraction of sp³-hybridized carbons (Fsp3) is 0.0714. The fourth-order valence-electron chi connectivity index (χ4n) is 2.16. The lowest BCUT2D eigenvalue weighted by Gasteiger charge is -2.06. The van der Waals surface area contributed by atoms with Crippen LogP contribution in [0.3, 0.4) is 0 Å². The molecule has 3 nitrogen and oxygen atoms in total. The monoisotopic (exact) mass is 258 g/mol. The van der Waals surface area contributed by atoms with Crippen LogP contribution in [-0.4, -0.2) is 14.7 Å². The van der Waals surface area contributed by atoms with E-state index in [0.29, 0.717) is 5.15 Å². The van der Waals surface area contributed by atoms with Gasteiger partial charge >= 0.3 is 0 Å². The molecule has 0 spiro atoms. The third-order valence-corrected chi connectivity index (χ3v) is 3.28. The van der Waals surface area contributed by atoms with Gasteiger partial charge in [-0.05, 0) is 24.3 Å². The minimum atomic E-state index is 0.266. The number of hydrogen-bond donors (Lipinski definition) is 1. The molecular weight excluding hydrogens is 248 g/mol. The van der Waals surface area contributed by atoms with Crippen LogP contribution in [0.25, 0.3) is 22.2 Å². The van der Waals surface area contributed by atoms with Crippen LogP contribution in [0.1, 0.15) is 0 Å². The molecule has 3 aromatic rings. The third-order valence-electron chi connectivity index (χ3n) is 3.08. The highest BCUT2D eigenvalue weighted by molar-refractivity contribution is 6.30. The van der Waals surface area contributed by atoms with Gasteiger partial charge in [0.1, 0.15) is 10.9 Å². The topological polar surface area (TPSA) is 38.0 Å². The summed E-state index contributed by atoms with van der Waals surface area (Å²) in [5.74, 6) is 0.266. The van der Waals surface area contributed by atoms with Gasteiger partial charge in [-0.3, -0.25) is 0 Å². The van der Waals surface area contributed by atoms with Crippen LogP contribution in [-0.2, 0) is 7.05 Å². The molecule has 0 aliphatic rings. The molecule has 2 aromatic heterocycles. The van der Waals surface area contributed by atoms with Crippen molar-refractivity contribution in [3.8, 4) is 17.0 Å². The number of aromatic hydroxyl groups is 1. The average molecular weight is 259 g/mol. The second kappa shape index (κ2) is 4.03. The van der Waals surface area contributed by atoms with Crippen LogP contribution in [0.5, 0.6) is 5.75 Å². The van der Waals surface area contributed by atoms with E-state index in [9.17, 15) is 5.11 Å². The number of benzene rings is 1. The van der Waals surface area contributed by atoms with Gasteiger partial charge in [0.05, 0.1) is 17.4 Å². The largest absolute Gasteiger partial charge is 0.507 e. The molecule has 1 N–H and O–H groups in total. The van der Waals surface area contributed by atoms with Crippen molar-refractivity contribution in [3.05, 3.63) is 47.7 Å². The maximum absolute atomic E-state index is 9.91. The quantitative estimate of drug-likeness (QED) is 0.677. The Morgan fingerprint density at radius 2 is 2.00 bits per heavy atom. The summed E-state index contributed by atoms with van der Waals surface area (Å²) in [7, 11) is 1.94. The van der Waals surface area contributed by atoms with Crippen molar-refractivity contribution in [2.75, 3.05) is 0 Å². The maximum Gasteiger partial charge on any atom is 0.129 e. The lowest BCUT2D eigenvalue weighted by molar-refractivity contribution is 0.477. The number of hydrogen-bond acceptors (Lipinski definition) is 2. The molecule has 4 heteroatoms. The molecule has 0 radical (unpaired) electrons. The summed E-state index contributed by atoms with van der Waals surface area (Å²) in [4.78, 5) is 4.08. The van der Waals surface area contributed by atoms with Gasteiger partial charge in [-0.25, -0.2) is 4.98 Å². The van der Waals surface area contributed by atoms with Crippen LogP contribution >= 0.6 is 11.6 Å². The molecule has 0 amide bonds. The summed E-state index contributed by atoms with van der Waals surface area (Å²) in [5.41, 5.74) is 2.72. The molecule has 0 aliphatic carbocycles. The predicted molar refractivity (Wildman–Crippen MR) is 72.8 cm³/mol. The number of halogens is 1. The first-order chi connectivity index (χ1) is 8.66. The first-order valence-electron chi connectivity index (χ1n) is 5.56. The van der Waals surface area contributed by atoms with E-state index >= 15 is 0 Å². The van der Waals surface area contributed by atoms with E-state index in [1.54, 1.807) is 18.3 Å². The minimum Gasteiger partial charge on any atom is -0.507 e. The van der Waals surface area contributed by atoms with Crippen LogP contribution in [0.2, 0.25) is 5.15 Å². The summed E-state index contributed by atoms with van der Waals surface area (Å²) in [6.45, 7) is 0. The second-order valence-corrected chi connectivity index (χ2v) is 4.56. The molecule has 0 saturated carbocycles. The number of nitrogens with zero attached hydrogens (tertiary/aromatic N) is 2. The molecule has 3 rings (SSSR count). The summed E-state index contributed by atoms with van der Waals surface area (Å²) >= 11 is 5.89. The summed E-state index contributed by atoms with van der Waals surface area (Å²) < 4.78 is 1.99. The zero-order valence-electron chi connectivity index (χ0n) is 9.76. The first kappa shape index (κ1) is 11.1. The Kier molecular flexibility index (Phi) is 2.49. The van der Waals surface area contributed by atoms with Gasteiger partial charge in [-0.15, -0.1) is 0 Å². The van der Waals surface area contributed by atoms with E-state index in [0.717, 1.165) is 22.2 Å². The van der Waals surface area contributed by atoms with Crippen molar-refractivity contribution in [2.45, 2.75) is 0 Å². The molecular formula is C14H11ClN2O. The van der Waals surface area contributed by atoms with E-state index in [-0.39, 0.29) is 5.75 Å². The molecule has 0 atom stereocenters. The molecule has 0 unspecified atom stereocenters. The summed E-state index contributed by atoms with van der Waals surface area (Å²) in [6, 6.07) is 11.1. The van der Waals surface area contributed by atoms with Crippen LogP contribution in [0.15, 0.2) is 42.6 Å². The van der Waals surface area contributed by atoms with Gasteiger partial charge < -0.3 is 9.67 Å². The van der Waals surface area contributed by atoms with Crippen LogP contribution < -0.4 is 0 Å². The van der Waals surface area contributed by atoms with Gasteiger partial charge in [-0.2, -0.15) is 0 Å². The molecule has 2 heterocycles. The minimum absolute atomic E-state index is 0.266. The summed E-state index contributed by atoms with van der Waals surface area (Å²) in [6.07, 6.45) is 1.74. The molecule has 90 valence electrons. The van der Waals surface area contributed by atoms with Crippen LogP contribution in [0.4, 0.5) is 0 Å². The SMILES string of the molecule is Cn1c(-c2ccccc2O)cc2cc(Cl)ncc21. The van der Waals surface area contributed by atoms with E-state index < -0.39 is 0 Å². The first-order valence-corrected chi connectivity index (χ1v) is 5.94. The number of aromatic nitrogens is 2. The lowest BCUT2D eigenvalue weighted by Crippen LogP contribution is -1.91. The van der Waals surface area contributed by atoms with E-state index in [2.05, 4.69) is 4.98 Å².